The van der Waals surface area contributed by atoms with Gasteiger partial charge in [0.15, 0.2) is 0 Å². The van der Waals surface area contributed by atoms with Gasteiger partial charge in [0.05, 0.1) is 11.9 Å². The van der Waals surface area contributed by atoms with Gasteiger partial charge in [-0.2, -0.15) is 8.42 Å². The van der Waals surface area contributed by atoms with Crippen LogP contribution in [0.15, 0.2) is 0 Å². The Balaban J connectivity index is 3.84. The first-order valence-corrected chi connectivity index (χ1v) is 11.0. The van der Waals surface area contributed by atoms with Crippen molar-refractivity contribution in [3.05, 3.63) is 0 Å². The van der Waals surface area contributed by atoms with Crippen LogP contribution in [0.25, 0.3) is 0 Å². The largest absolute Gasteiger partial charge is 0.393 e. The highest BCUT2D eigenvalue weighted by Crippen LogP contribution is 2.25. The lowest BCUT2D eigenvalue weighted by Gasteiger charge is -2.26. The Labute approximate surface area is 143 Å². The van der Waals surface area contributed by atoms with Crippen LogP contribution in [0.4, 0.5) is 0 Å². The van der Waals surface area contributed by atoms with Gasteiger partial charge in [-0.05, 0) is 24.7 Å². The summed E-state index contributed by atoms with van der Waals surface area (Å²) in [6.45, 7) is 6.36. The highest BCUT2D eigenvalue weighted by atomic mass is 32.2. The van der Waals surface area contributed by atoms with Crippen molar-refractivity contribution in [2.24, 2.45) is 11.8 Å². The second-order valence-electron chi connectivity index (χ2n) is 7.17. The predicted octanol–water partition coefficient (Wildman–Crippen LogP) is 4.82. The third-order valence-corrected chi connectivity index (χ3v) is 5.41. The fourth-order valence-corrected chi connectivity index (χ4v) is 3.68. The van der Waals surface area contributed by atoms with Gasteiger partial charge < -0.3 is 5.11 Å². The molecule has 0 amide bonds. The van der Waals surface area contributed by atoms with Crippen LogP contribution in [0, 0.1) is 11.8 Å². The van der Waals surface area contributed by atoms with E-state index < -0.39 is 16.2 Å². The van der Waals surface area contributed by atoms with E-state index in [4.69, 9.17) is 4.55 Å². The Morgan fingerprint density at radius 2 is 1.30 bits per heavy atom. The molecular formula is C18H38O4S. The molecule has 0 aliphatic heterocycles. The number of aliphatic hydroxyl groups excluding tert-OH is 1. The number of aliphatic hydroxyl groups is 1. The summed E-state index contributed by atoms with van der Waals surface area (Å²) in [5.74, 6) is 0.0801. The lowest BCUT2D eigenvalue weighted by molar-refractivity contribution is 0.0712. The molecular weight excluding hydrogens is 312 g/mol. The summed E-state index contributed by atoms with van der Waals surface area (Å²) in [4.78, 5) is 0. The number of hydrogen-bond donors (Lipinski definition) is 2. The Morgan fingerprint density at radius 1 is 0.826 bits per heavy atom. The second kappa shape index (κ2) is 13.2. The normalized spacial score (nSPS) is 15.0. The van der Waals surface area contributed by atoms with Crippen LogP contribution >= 0.6 is 0 Å². The summed E-state index contributed by atoms with van der Waals surface area (Å²) in [7, 11) is -3.98. The maximum Gasteiger partial charge on any atom is 0.264 e. The minimum absolute atomic E-state index is 0.112. The van der Waals surface area contributed by atoms with Crippen LogP contribution in [0.2, 0.25) is 0 Å². The molecule has 2 atom stereocenters. The minimum Gasteiger partial charge on any atom is -0.393 e. The van der Waals surface area contributed by atoms with Gasteiger partial charge in [0.1, 0.15) is 0 Å². The van der Waals surface area contributed by atoms with Gasteiger partial charge in [-0.25, -0.2) is 0 Å². The monoisotopic (exact) mass is 350 g/mol. The highest BCUT2D eigenvalue weighted by molar-refractivity contribution is 7.85. The zero-order chi connectivity index (χ0) is 17.7. The lowest BCUT2D eigenvalue weighted by atomic mass is 9.84. The van der Waals surface area contributed by atoms with E-state index in [1.165, 1.54) is 51.4 Å². The Hall–Kier alpha value is -0.130. The van der Waals surface area contributed by atoms with E-state index in [9.17, 15) is 13.5 Å². The van der Waals surface area contributed by atoms with Crippen LogP contribution in [0.3, 0.4) is 0 Å². The maximum atomic E-state index is 10.8. The molecule has 0 saturated heterocycles. The van der Waals surface area contributed by atoms with Crippen molar-refractivity contribution in [1.82, 2.24) is 0 Å². The van der Waals surface area contributed by atoms with Crippen LogP contribution in [0.5, 0.6) is 0 Å². The quantitative estimate of drug-likeness (QED) is 0.328. The maximum absolute atomic E-state index is 10.8. The Kier molecular flexibility index (Phi) is 13.1. The van der Waals surface area contributed by atoms with E-state index in [1.54, 1.807) is 0 Å². The number of unbranched alkanes of at least 4 members (excludes halogenated alkanes) is 8. The van der Waals surface area contributed by atoms with E-state index in [0.29, 0.717) is 5.92 Å². The molecule has 2 N–H and O–H groups in total. The summed E-state index contributed by atoms with van der Waals surface area (Å²) >= 11 is 0. The van der Waals surface area contributed by atoms with E-state index in [0.717, 1.165) is 12.8 Å². The third kappa shape index (κ3) is 14.0. The molecule has 2 unspecified atom stereocenters. The molecule has 0 radical (unpaired) electrons. The molecule has 4 nitrogen and oxygen atoms in total. The molecule has 0 rings (SSSR count). The minimum atomic E-state index is -3.98. The third-order valence-electron chi connectivity index (χ3n) is 4.66. The summed E-state index contributed by atoms with van der Waals surface area (Å²) < 4.78 is 30.4. The van der Waals surface area contributed by atoms with Gasteiger partial charge in [0, 0.05) is 0 Å². The van der Waals surface area contributed by atoms with Crippen molar-refractivity contribution in [1.29, 1.82) is 0 Å². The molecule has 0 aliphatic carbocycles. The summed E-state index contributed by atoms with van der Waals surface area (Å²) in [5.41, 5.74) is 0. The molecule has 0 bridgehead atoms. The Morgan fingerprint density at radius 3 is 1.74 bits per heavy atom. The zero-order valence-electron chi connectivity index (χ0n) is 15.3. The molecule has 0 fully saturated rings. The van der Waals surface area contributed by atoms with Crippen LogP contribution in [-0.2, 0) is 10.1 Å². The summed E-state index contributed by atoms with van der Waals surface area (Å²) in [6, 6.07) is 0. The summed E-state index contributed by atoms with van der Waals surface area (Å²) in [6.07, 6.45) is 11.9. The smallest absolute Gasteiger partial charge is 0.264 e. The fourth-order valence-electron chi connectivity index (χ4n) is 3.14. The molecule has 0 aliphatic rings. The molecule has 0 aromatic rings. The standard InChI is InChI=1S/C18H38O4S/c1-4-5-6-7-8-9-10-11-12-13-17(16(2)3)18(19)14-15-23(20,21)22/h16-19H,4-15H2,1-3H3,(H,20,21,22). The highest BCUT2D eigenvalue weighted by Gasteiger charge is 2.23. The van der Waals surface area contributed by atoms with Crippen molar-refractivity contribution in [2.75, 3.05) is 5.75 Å². The van der Waals surface area contributed by atoms with E-state index in [1.807, 2.05) is 0 Å². The number of rotatable bonds is 15. The van der Waals surface area contributed by atoms with Gasteiger partial charge >= 0.3 is 0 Å². The zero-order valence-corrected chi connectivity index (χ0v) is 16.2. The van der Waals surface area contributed by atoms with Crippen molar-refractivity contribution < 1.29 is 18.1 Å². The van der Waals surface area contributed by atoms with Gasteiger partial charge in [-0.1, -0.05) is 78.6 Å². The van der Waals surface area contributed by atoms with E-state index >= 15 is 0 Å². The second-order valence-corrected chi connectivity index (χ2v) is 8.74. The first-order valence-electron chi connectivity index (χ1n) is 9.41. The van der Waals surface area contributed by atoms with Crippen molar-refractivity contribution >= 4 is 10.1 Å². The molecule has 0 aromatic heterocycles. The van der Waals surface area contributed by atoms with Gasteiger partial charge in [-0.3, -0.25) is 4.55 Å². The molecule has 0 saturated carbocycles. The van der Waals surface area contributed by atoms with Gasteiger partial charge in [0.25, 0.3) is 10.1 Å². The van der Waals surface area contributed by atoms with E-state index in [-0.39, 0.29) is 18.1 Å². The molecule has 0 heterocycles. The van der Waals surface area contributed by atoms with Crippen LogP contribution in [-0.4, -0.2) is 29.9 Å². The van der Waals surface area contributed by atoms with Gasteiger partial charge in [-0.15, -0.1) is 0 Å². The molecule has 23 heavy (non-hydrogen) atoms. The number of hydrogen-bond acceptors (Lipinski definition) is 3. The van der Waals surface area contributed by atoms with Crippen LogP contribution in [0.1, 0.15) is 91.4 Å². The average Bonchev–Trinajstić information content (AvgIpc) is 2.45. The predicted molar refractivity (Wildman–Crippen MR) is 97.2 cm³/mol. The van der Waals surface area contributed by atoms with Crippen molar-refractivity contribution in [2.45, 2.75) is 97.5 Å². The fraction of sp³-hybridized carbons (Fsp3) is 1.00. The Bertz CT molecular complexity index is 365. The van der Waals surface area contributed by atoms with Gasteiger partial charge in [0.2, 0.25) is 0 Å². The first-order chi connectivity index (χ1) is 10.8. The SMILES string of the molecule is CCCCCCCCCCCC(C(C)C)C(O)CCS(=O)(=O)O. The molecule has 140 valence electrons. The molecule has 0 spiro atoms. The van der Waals surface area contributed by atoms with Crippen molar-refractivity contribution in [3.8, 4) is 0 Å². The van der Waals surface area contributed by atoms with Crippen molar-refractivity contribution in [3.63, 3.8) is 0 Å². The summed E-state index contributed by atoms with van der Waals surface area (Å²) in [5, 5.41) is 10.2. The molecule has 0 aromatic carbocycles. The van der Waals surface area contributed by atoms with E-state index in [2.05, 4.69) is 20.8 Å². The lowest BCUT2D eigenvalue weighted by Crippen LogP contribution is -2.27. The topological polar surface area (TPSA) is 74.6 Å². The van der Waals surface area contributed by atoms with Crippen LogP contribution < -0.4 is 0 Å². The molecule has 5 heteroatoms. The average molecular weight is 351 g/mol. The first kappa shape index (κ1) is 22.9.